The van der Waals surface area contributed by atoms with E-state index in [1.54, 1.807) is 12.1 Å². The van der Waals surface area contributed by atoms with Crippen molar-refractivity contribution in [3.63, 3.8) is 0 Å². The van der Waals surface area contributed by atoms with Crippen molar-refractivity contribution in [2.24, 2.45) is 22.2 Å². The fourth-order valence-electron chi connectivity index (χ4n) is 4.16. The van der Waals surface area contributed by atoms with Gasteiger partial charge in [-0.25, -0.2) is 4.79 Å². The molecule has 1 saturated heterocycles. The molecule has 1 aliphatic rings. The van der Waals surface area contributed by atoms with Crippen molar-refractivity contribution < 1.29 is 39.3 Å². The normalized spacial score (nSPS) is 16.9. The number of rotatable bonds is 14. The molecule has 1 fully saturated rings. The number of carboxylic acid groups (broad SMARTS) is 2. The minimum atomic E-state index is -1.67. The van der Waals surface area contributed by atoms with Crippen molar-refractivity contribution in [3.05, 3.63) is 29.8 Å². The summed E-state index contributed by atoms with van der Waals surface area (Å²) < 4.78 is 0. The maximum Gasteiger partial charge on any atom is 0.326 e. The molecular formula is C24H35N7O8. The van der Waals surface area contributed by atoms with E-state index < -0.39 is 60.2 Å². The zero-order valence-electron chi connectivity index (χ0n) is 21.3. The predicted molar refractivity (Wildman–Crippen MR) is 138 cm³/mol. The lowest BCUT2D eigenvalue weighted by molar-refractivity contribution is -0.148. The number of nitrogens with one attached hydrogen (secondary N) is 2. The molecule has 0 spiro atoms. The van der Waals surface area contributed by atoms with Crippen LogP contribution >= 0.6 is 0 Å². The Bertz CT molecular complexity index is 1070. The largest absolute Gasteiger partial charge is 0.508 e. The van der Waals surface area contributed by atoms with Crippen molar-refractivity contribution in [1.29, 1.82) is 0 Å². The summed E-state index contributed by atoms with van der Waals surface area (Å²) in [7, 11) is 0. The van der Waals surface area contributed by atoms with Crippen molar-refractivity contribution in [3.8, 4) is 5.75 Å². The van der Waals surface area contributed by atoms with E-state index in [0.717, 1.165) is 0 Å². The second-order valence-electron chi connectivity index (χ2n) is 9.17. The molecule has 4 atom stereocenters. The average Bonchev–Trinajstić information content (AvgIpc) is 3.36. The van der Waals surface area contributed by atoms with Gasteiger partial charge in [-0.2, -0.15) is 0 Å². The summed E-state index contributed by atoms with van der Waals surface area (Å²) in [6, 6.07) is 1.33. The van der Waals surface area contributed by atoms with Gasteiger partial charge in [0.05, 0.1) is 12.5 Å². The zero-order chi connectivity index (χ0) is 29.1. The number of nitrogens with zero attached hydrogens (tertiary/aromatic N) is 2. The molecule has 15 nitrogen and oxygen atoms in total. The highest BCUT2D eigenvalue weighted by atomic mass is 16.4. The number of nitrogens with two attached hydrogens (primary N) is 3. The number of hydrogen-bond acceptors (Lipinski definition) is 8. The quantitative estimate of drug-likeness (QED) is 0.0703. The van der Waals surface area contributed by atoms with Crippen LogP contribution in [0.3, 0.4) is 0 Å². The predicted octanol–water partition coefficient (Wildman–Crippen LogP) is -2.16. The summed E-state index contributed by atoms with van der Waals surface area (Å²) in [6.07, 6.45) is 0.405. The molecule has 11 N–H and O–H groups in total. The molecule has 1 aromatic carbocycles. The molecule has 1 aliphatic heterocycles. The Labute approximate surface area is 224 Å². The van der Waals surface area contributed by atoms with E-state index in [2.05, 4.69) is 15.6 Å². The Hall–Kier alpha value is -4.40. The fraction of sp³-hybridized carbons (Fsp3) is 0.500. The summed E-state index contributed by atoms with van der Waals surface area (Å²) >= 11 is 0. The molecule has 0 aliphatic carbocycles. The molecule has 3 amide bonds. The molecule has 1 heterocycles. The number of guanidine groups is 1. The van der Waals surface area contributed by atoms with E-state index in [1.165, 1.54) is 17.0 Å². The molecular weight excluding hydrogens is 514 g/mol. The van der Waals surface area contributed by atoms with Gasteiger partial charge >= 0.3 is 11.9 Å². The number of carboxylic acids is 2. The summed E-state index contributed by atoms with van der Waals surface area (Å²) in [5.74, 6) is -5.00. The smallest absolute Gasteiger partial charge is 0.326 e. The summed E-state index contributed by atoms with van der Waals surface area (Å²) in [6.45, 7) is 0.356. The molecule has 0 saturated carbocycles. The number of phenolic OH excluding ortho intramolecular Hbond substituents is 1. The Morgan fingerprint density at radius 3 is 2.31 bits per heavy atom. The van der Waals surface area contributed by atoms with E-state index in [0.29, 0.717) is 18.4 Å². The Kier molecular flexibility index (Phi) is 11.5. The SMILES string of the molecule is NC(N)=NCCCC(NC(=O)C(N)Cc1ccc(O)cc1)C(=O)N1CCCC1C(=O)NC(CC(=O)O)C(=O)O. The highest BCUT2D eigenvalue weighted by Gasteiger charge is 2.39. The molecule has 214 valence electrons. The van der Waals surface area contributed by atoms with Crippen LogP contribution in [0.1, 0.15) is 37.7 Å². The first-order valence-electron chi connectivity index (χ1n) is 12.3. The van der Waals surface area contributed by atoms with Gasteiger partial charge in [0, 0.05) is 13.1 Å². The third kappa shape index (κ3) is 9.77. The number of likely N-dealkylation sites (tertiary alicyclic amines) is 1. The molecule has 0 radical (unpaired) electrons. The second-order valence-corrected chi connectivity index (χ2v) is 9.17. The van der Waals surface area contributed by atoms with Crippen LogP contribution in [0.15, 0.2) is 29.3 Å². The first-order valence-corrected chi connectivity index (χ1v) is 12.3. The van der Waals surface area contributed by atoms with Crippen LogP contribution < -0.4 is 27.8 Å². The standard InChI is InChI=1S/C24H35N7O8/c25-15(11-13-5-7-14(32)8-6-13)20(35)29-16(3-1-9-28-24(26)27)22(37)31-10-2-4-18(31)21(36)30-17(23(38)39)12-19(33)34/h5-8,15-18,32H,1-4,9-12,25H2,(H,29,35)(H,30,36)(H,33,34)(H,38,39)(H4,26,27,28). The summed E-state index contributed by atoms with van der Waals surface area (Å²) in [5.41, 5.74) is 17.4. The Morgan fingerprint density at radius 1 is 1.05 bits per heavy atom. The lowest BCUT2D eigenvalue weighted by Crippen LogP contribution is -2.57. The summed E-state index contributed by atoms with van der Waals surface area (Å²) in [5, 5.41) is 32.4. The monoisotopic (exact) mass is 549 g/mol. The molecule has 0 aromatic heterocycles. The van der Waals surface area contributed by atoms with Gasteiger partial charge < -0.3 is 48.1 Å². The van der Waals surface area contributed by atoms with Crippen molar-refractivity contribution in [2.45, 2.75) is 62.7 Å². The number of carbonyl (C=O) groups is 5. The molecule has 2 rings (SSSR count). The van der Waals surface area contributed by atoms with E-state index in [1.807, 2.05) is 0 Å². The third-order valence-corrected chi connectivity index (χ3v) is 6.12. The van der Waals surface area contributed by atoms with Gasteiger partial charge in [-0.1, -0.05) is 12.1 Å². The third-order valence-electron chi connectivity index (χ3n) is 6.12. The number of amides is 3. The van der Waals surface area contributed by atoms with Gasteiger partial charge in [-0.15, -0.1) is 0 Å². The molecule has 39 heavy (non-hydrogen) atoms. The Morgan fingerprint density at radius 2 is 1.72 bits per heavy atom. The minimum absolute atomic E-state index is 0.0602. The molecule has 15 heteroatoms. The van der Waals surface area contributed by atoms with Crippen LogP contribution in [0, 0.1) is 0 Å². The van der Waals surface area contributed by atoms with E-state index in [-0.39, 0.29) is 44.1 Å². The lowest BCUT2D eigenvalue weighted by atomic mass is 10.0. The van der Waals surface area contributed by atoms with Crippen LogP contribution in [0.4, 0.5) is 0 Å². The van der Waals surface area contributed by atoms with Gasteiger partial charge in [-0.05, 0) is 49.8 Å². The average molecular weight is 550 g/mol. The number of aliphatic carboxylic acids is 2. The number of carbonyl (C=O) groups excluding carboxylic acids is 3. The first-order chi connectivity index (χ1) is 18.4. The van der Waals surface area contributed by atoms with Crippen molar-refractivity contribution in [1.82, 2.24) is 15.5 Å². The molecule has 0 bridgehead atoms. The van der Waals surface area contributed by atoms with Crippen LogP contribution in [-0.2, 0) is 30.4 Å². The van der Waals surface area contributed by atoms with E-state index in [4.69, 9.17) is 22.3 Å². The Balaban J connectivity index is 2.15. The van der Waals surface area contributed by atoms with Gasteiger partial charge in [-0.3, -0.25) is 24.2 Å². The highest BCUT2D eigenvalue weighted by Crippen LogP contribution is 2.20. The summed E-state index contributed by atoms with van der Waals surface area (Å²) in [4.78, 5) is 66.7. The van der Waals surface area contributed by atoms with E-state index in [9.17, 15) is 34.2 Å². The highest BCUT2D eigenvalue weighted by molar-refractivity contribution is 5.95. The topological polar surface area (TPSA) is 264 Å². The maximum absolute atomic E-state index is 13.5. The maximum atomic E-state index is 13.5. The van der Waals surface area contributed by atoms with Gasteiger partial charge in [0.1, 0.15) is 23.9 Å². The fourth-order valence-corrected chi connectivity index (χ4v) is 4.16. The van der Waals surface area contributed by atoms with E-state index >= 15 is 0 Å². The van der Waals surface area contributed by atoms with Gasteiger partial charge in [0.2, 0.25) is 17.7 Å². The lowest BCUT2D eigenvalue weighted by Gasteiger charge is -2.30. The number of phenols is 1. The van der Waals surface area contributed by atoms with Gasteiger partial charge in [0.15, 0.2) is 5.96 Å². The zero-order valence-corrected chi connectivity index (χ0v) is 21.3. The van der Waals surface area contributed by atoms with Crippen LogP contribution in [0.25, 0.3) is 0 Å². The van der Waals surface area contributed by atoms with Crippen molar-refractivity contribution >= 4 is 35.6 Å². The number of hydrogen-bond donors (Lipinski definition) is 8. The minimum Gasteiger partial charge on any atom is -0.508 e. The van der Waals surface area contributed by atoms with Crippen LogP contribution in [-0.4, -0.2) is 93.1 Å². The molecule has 4 unspecified atom stereocenters. The molecule has 1 aromatic rings. The van der Waals surface area contributed by atoms with Crippen LogP contribution in [0.5, 0.6) is 5.75 Å². The number of aliphatic imine (C=N–C) groups is 1. The van der Waals surface area contributed by atoms with Gasteiger partial charge in [0.25, 0.3) is 0 Å². The first kappa shape index (κ1) is 30.8. The second kappa shape index (κ2) is 14.5. The number of benzene rings is 1. The van der Waals surface area contributed by atoms with Crippen molar-refractivity contribution in [2.75, 3.05) is 13.1 Å². The number of aromatic hydroxyl groups is 1. The van der Waals surface area contributed by atoms with Crippen LogP contribution in [0.2, 0.25) is 0 Å².